The van der Waals surface area contributed by atoms with E-state index in [1.54, 1.807) is 10.9 Å². The SMILES string of the molecule is CCNC(=NCc1cnn(-c2ccc(Cl)cc2)c1)NCCNC(=O)C1CC1.I. The second kappa shape index (κ2) is 11.3. The van der Waals surface area contributed by atoms with Crippen molar-refractivity contribution in [1.29, 1.82) is 0 Å². The summed E-state index contributed by atoms with van der Waals surface area (Å²) in [6.07, 6.45) is 5.80. The van der Waals surface area contributed by atoms with Gasteiger partial charge >= 0.3 is 0 Å². The van der Waals surface area contributed by atoms with Gasteiger partial charge < -0.3 is 16.0 Å². The number of aliphatic imine (C=N–C) groups is 1. The molecule has 1 fully saturated rings. The monoisotopic (exact) mass is 516 g/mol. The average molecular weight is 517 g/mol. The number of halogens is 2. The van der Waals surface area contributed by atoms with E-state index in [9.17, 15) is 4.79 Å². The zero-order chi connectivity index (χ0) is 19.1. The van der Waals surface area contributed by atoms with Crippen LogP contribution in [-0.4, -0.2) is 41.3 Å². The van der Waals surface area contributed by atoms with E-state index >= 15 is 0 Å². The average Bonchev–Trinajstić information content (AvgIpc) is 3.42. The number of nitrogens with one attached hydrogen (secondary N) is 3. The maximum absolute atomic E-state index is 11.6. The fourth-order valence-corrected chi connectivity index (χ4v) is 2.67. The molecular weight excluding hydrogens is 491 g/mol. The van der Waals surface area contributed by atoms with E-state index in [-0.39, 0.29) is 35.8 Å². The molecule has 0 radical (unpaired) electrons. The van der Waals surface area contributed by atoms with Crippen LogP contribution in [0.3, 0.4) is 0 Å². The minimum Gasteiger partial charge on any atom is -0.357 e. The summed E-state index contributed by atoms with van der Waals surface area (Å²) in [5.74, 6) is 1.12. The molecule has 0 saturated heterocycles. The minimum atomic E-state index is 0. The quantitative estimate of drug-likeness (QED) is 0.218. The van der Waals surface area contributed by atoms with E-state index in [0.717, 1.165) is 36.6 Å². The van der Waals surface area contributed by atoms with Crippen LogP contribution in [0.5, 0.6) is 0 Å². The molecule has 1 aliphatic carbocycles. The smallest absolute Gasteiger partial charge is 0.223 e. The summed E-state index contributed by atoms with van der Waals surface area (Å²) in [7, 11) is 0. The summed E-state index contributed by atoms with van der Waals surface area (Å²) in [5.41, 5.74) is 1.95. The van der Waals surface area contributed by atoms with Crippen LogP contribution in [0.2, 0.25) is 5.02 Å². The molecule has 0 atom stereocenters. The van der Waals surface area contributed by atoms with E-state index in [4.69, 9.17) is 11.6 Å². The molecule has 3 N–H and O–H groups in total. The molecule has 1 saturated carbocycles. The van der Waals surface area contributed by atoms with Crippen LogP contribution in [0.15, 0.2) is 41.7 Å². The molecule has 28 heavy (non-hydrogen) atoms. The van der Waals surface area contributed by atoms with E-state index in [2.05, 4.69) is 26.0 Å². The van der Waals surface area contributed by atoms with Crippen molar-refractivity contribution in [1.82, 2.24) is 25.7 Å². The first kappa shape index (κ1) is 22.5. The van der Waals surface area contributed by atoms with E-state index in [1.165, 1.54) is 0 Å². The first-order valence-corrected chi connectivity index (χ1v) is 9.63. The molecule has 1 aromatic carbocycles. The Morgan fingerprint density at radius 3 is 2.61 bits per heavy atom. The summed E-state index contributed by atoms with van der Waals surface area (Å²) in [5, 5.41) is 14.4. The van der Waals surface area contributed by atoms with Crippen molar-refractivity contribution in [3.8, 4) is 5.69 Å². The molecule has 1 heterocycles. The molecule has 1 amide bonds. The predicted octanol–water partition coefficient (Wildman–Crippen LogP) is 2.73. The Balaban J connectivity index is 0.00000280. The van der Waals surface area contributed by atoms with Crippen LogP contribution in [-0.2, 0) is 11.3 Å². The number of guanidine groups is 1. The summed E-state index contributed by atoms with van der Waals surface area (Å²) in [6.45, 7) is 4.52. The lowest BCUT2D eigenvalue weighted by molar-refractivity contribution is -0.122. The Morgan fingerprint density at radius 2 is 1.93 bits per heavy atom. The van der Waals surface area contributed by atoms with Crippen LogP contribution in [0, 0.1) is 5.92 Å². The van der Waals surface area contributed by atoms with Crippen molar-refractivity contribution < 1.29 is 4.79 Å². The van der Waals surface area contributed by atoms with Gasteiger partial charge in [0.1, 0.15) is 0 Å². The van der Waals surface area contributed by atoms with E-state index in [1.807, 2.05) is 37.4 Å². The van der Waals surface area contributed by atoms with Gasteiger partial charge in [-0.05, 0) is 44.0 Å². The Morgan fingerprint density at radius 1 is 1.21 bits per heavy atom. The van der Waals surface area contributed by atoms with Crippen LogP contribution in [0.4, 0.5) is 0 Å². The summed E-state index contributed by atoms with van der Waals surface area (Å²) in [6, 6.07) is 7.52. The van der Waals surface area contributed by atoms with Gasteiger partial charge in [0, 0.05) is 42.3 Å². The first-order valence-electron chi connectivity index (χ1n) is 9.25. The number of carbonyl (C=O) groups is 1. The molecule has 3 rings (SSSR count). The zero-order valence-corrected chi connectivity index (χ0v) is 18.9. The van der Waals surface area contributed by atoms with Crippen molar-refractivity contribution in [2.45, 2.75) is 26.3 Å². The van der Waals surface area contributed by atoms with E-state index < -0.39 is 0 Å². The van der Waals surface area contributed by atoms with Gasteiger partial charge in [-0.25, -0.2) is 9.67 Å². The largest absolute Gasteiger partial charge is 0.357 e. The highest BCUT2D eigenvalue weighted by molar-refractivity contribution is 14.0. The molecular formula is C19H26ClIN6O. The molecule has 0 bridgehead atoms. The highest BCUT2D eigenvalue weighted by Crippen LogP contribution is 2.28. The number of nitrogens with zero attached hydrogens (tertiary/aromatic N) is 3. The standard InChI is InChI=1S/C19H25ClN6O.HI/c1-2-21-19(23-10-9-22-18(27)15-3-4-15)24-11-14-12-25-26(13-14)17-7-5-16(20)6-8-17;/h5-8,12-13,15H,2-4,9-11H2,1H3,(H,22,27)(H2,21,23,24);1H. The van der Waals surface area contributed by atoms with Gasteiger partial charge in [0.2, 0.25) is 5.91 Å². The lowest BCUT2D eigenvalue weighted by Crippen LogP contribution is -2.41. The maximum atomic E-state index is 11.6. The molecule has 1 aromatic heterocycles. The second-order valence-corrected chi connectivity index (χ2v) is 6.89. The van der Waals surface area contributed by atoms with Crippen molar-refractivity contribution in [2.75, 3.05) is 19.6 Å². The summed E-state index contributed by atoms with van der Waals surface area (Å²) >= 11 is 5.92. The fourth-order valence-electron chi connectivity index (χ4n) is 2.55. The number of carbonyl (C=O) groups excluding carboxylic acids is 1. The van der Waals surface area contributed by atoms with Crippen LogP contribution < -0.4 is 16.0 Å². The molecule has 9 heteroatoms. The number of hydrogen-bond acceptors (Lipinski definition) is 3. The third kappa shape index (κ3) is 6.97. The van der Waals surface area contributed by atoms with Crippen LogP contribution in [0.25, 0.3) is 5.69 Å². The third-order valence-corrected chi connectivity index (χ3v) is 4.41. The Bertz CT molecular complexity index is 788. The highest BCUT2D eigenvalue weighted by atomic mass is 127. The topological polar surface area (TPSA) is 83.3 Å². The van der Waals surface area contributed by atoms with Gasteiger partial charge in [0.15, 0.2) is 5.96 Å². The first-order chi connectivity index (χ1) is 13.2. The zero-order valence-electron chi connectivity index (χ0n) is 15.8. The summed E-state index contributed by atoms with van der Waals surface area (Å²) in [4.78, 5) is 16.2. The molecule has 152 valence electrons. The van der Waals surface area contributed by atoms with Crippen molar-refractivity contribution >= 4 is 47.4 Å². The van der Waals surface area contributed by atoms with Gasteiger partial charge in [-0.15, -0.1) is 24.0 Å². The summed E-state index contributed by atoms with van der Waals surface area (Å²) < 4.78 is 1.80. The van der Waals surface area contributed by atoms with Gasteiger partial charge in [-0.3, -0.25) is 4.79 Å². The highest BCUT2D eigenvalue weighted by Gasteiger charge is 2.28. The van der Waals surface area contributed by atoms with Crippen molar-refractivity contribution in [3.63, 3.8) is 0 Å². The number of rotatable bonds is 8. The van der Waals surface area contributed by atoms with Crippen molar-refractivity contribution in [2.24, 2.45) is 10.9 Å². The van der Waals surface area contributed by atoms with Crippen LogP contribution in [0.1, 0.15) is 25.3 Å². The number of benzene rings is 1. The number of hydrogen-bond donors (Lipinski definition) is 3. The molecule has 0 spiro atoms. The minimum absolute atomic E-state index is 0. The predicted molar refractivity (Wildman–Crippen MR) is 123 cm³/mol. The second-order valence-electron chi connectivity index (χ2n) is 6.46. The van der Waals surface area contributed by atoms with Crippen LogP contribution >= 0.6 is 35.6 Å². The number of aromatic nitrogens is 2. The Labute approximate surface area is 187 Å². The Kier molecular flexibility index (Phi) is 9.04. The maximum Gasteiger partial charge on any atom is 0.223 e. The normalized spacial score (nSPS) is 13.6. The van der Waals surface area contributed by atoms with Gasteiger partial charge in [0.25, 0.3) is 0 Å². The van der Waals surface area contributed by atoms with Crippen molar-refractivity contribution in [3.05, 3.63) is 47.2 Å². The third-order valence-electron chi connectivity index (χ3n) is 4.16. The molecule has 7 nitrogen and oxygen atoms in total. The number of amides is 1. The lowest BCUT2D eigenvalue weighted by atomic mass is 10.3. The van der Waals surface area contributed by atoms with Gasteiger partial charge in [0.05, 0.1) is 18.4 Å². The van der Waals surface area contributed by atoms with Gasteiger partial charge in [-0.2, -0.15) is 5.10 Å². The molecule has 2 aromatic rings. The lowest BCUT2D eigenvalue weighted by Gasteiger charge is -2.11. The molecule has 0 aliphatic heterocycles. The van der Waals surface area contributed by atoms with Gasteiger partial charge in [-0.1, -0.05) is 11.6 Å². The molecule has 1 aliphatic rings. The van der Waals surface area contributed by atoms with E-state index in [0.29, 0.717) is 24.7 Å². The fraction of sp³-hybridized carbons (Fsp3) is 0.421. The molecule has 0 unspecified atom stereocenters. The Hall–Kier alpha value is -1.81.